The minimum atomic E-state index is -0.628. The van der Waals surface area contributed by atoms with Crippen LogP contribution in [-0.4, -0.2) is 24.2 Å². The molecule has 0 unspecified atom stereocenters. The van der Waals surface area contributed by atoms with Gasteiger partial charge in [-0.3, -0.25) is 4.79 Å². The summed E-state index contributed by atoms with van der Waals surface area (Å²) < 4.78 is 0. The van der Waals surface area contributed by atoms with Gasteiger partial charge in [0.1, 0.15) is 0 Å². The second-order valence-electron chi connectivity index (χ2n) is 4.89. The molecule has 1 N–H and O–H groups in total. The number of fused-ring (bicyclic) bond motifs is 1. The minimum Gasteiger partial charge on any atom is -0.481 e. The van der Waals surface area contributed by atoms with Crippen LogP contribution in [0.5, 0.6) is 0 Å². The molecule has 2 aliphatic rings. The van der Waals surface area contributed by atoms with Crippen molar-refractivity contribution >= 4 is 11.7 Å². The molecule has 1 saturated carbocycles. The third-order valence-electron chi connectivity index (χ3n) is 3.78. The molecule has 1 fully saturated rings. The first-order chi connectivity index (χ1) is 7.71. The molecule has 1 heterocycles. The summed E-state index contributed by atoms with van der Waals surface area (Å²) in [5, 5.41) is 9.19. The number of carbonyl (C=O) groups is 1. The zero-order chi connectivity index (χ0) is 11.2. The number of carboxylic acids is 1. The van der Waals surface area contributed by atoms with Crippen LogP contribution in [0.15, 0.2) is 24.3 Å². The van der Waals surface area contributed by atoms with Crippen LogP contribution >= 0.6 is 0 Å². The van der Waals surface area contributed by atoms with Crippen molar-refractivity contribution < 1.29 is 9.90 Å². The Morgan fingerprint density at radius 3 is 2.81 bits per heavy atom. The fourth-order valence-corrected chi connectivity index (χ4v) is 2.53. The second kappa shape index (κ2) is 3.24. The quantitative estimate of drug-likeness (QED) is 0.840. The van der Waals surface area contributed by atoms with Gasteiger partial charge in [0, 0.05) is 18.8 Å². The van der Waals surface area contributed by atoms with Crippen molar-refractivity contribution in [2.45, 2.75) is 19.3 Å². The molecule has 1 aliphatic heterocycles. The van der Waals surface area contributed by atoms with Crippen LogP contribution in [0.4, 0.5) is 5.69 Å². The van der Waals surface area contributed by atoms with E-state index in [0.29, 0.717) is 6.54 Å². The van der Waals surface area contributed by atoms with Gasteiger partial charge in [-0.1, -0.05) is 18.2 Å². The third kappa shape index (κ3) is 1.39. The Morgan fingerprint density at radius 1 is 1.38 bits per heavy atom. The summed E-state index contributed by atoms with van der Waals surface area (Å²) in [6.45, 7) is 1.65. The molecule has 3 heteroatoms. The summed E-state index contributed by atoms with van der Waals surface area (Å²) in [6, 6.07) is 8.31. The van der Waals surface area contributed by atoms with Crippen LogP contribution in [0.3, 0.4) is 0 Å². The fraction of sp³-hybridized carbons (Fsp3) is 0.462. The van der Waals surface area contributed by atoms with Crippen LogP contribution in [-0.2, 0) is 11.2 Å². The van der Waals surface area contributed by atoms with E-state index in [1.54, 1.807) is 0 Å². The molecule has 16 heavy (non-hydrogen) atoms. The van der Waals surface area contributed by atoms with E-state index in [1.807, 2.05) is 12.1 Å². The third-order valence-corrected chi connectivity index (χ3v) is 3.78. The van der Waals surface area contributed by atoms with E-state index in [2.05, 4.69) is 17.0 Å². The molecule has 0 saturated heterocycles. The lowest BCUT2D eigenvalue weighted by Crippen LogP contribution is -2.33. The Kier molecular flexibility index (Phi) is 1.96. The van der Waals surface area contributed by atoms with Crippen molar-refractivity contribution in [3.8, 4) is 0 Å². The maximum Gasteiger partial charge on any atom is 0.311 e. The summed E-state index contributed by atoms with van der Waals surface area (Å²) >= 11 is 0. The van der Waals surface area contributed by atoms with Crippen molar-refractivity contribution in [3.63, 3.8) is 0 Å². The molecule has 3 rings (SSSR count). The van der Waals surface area contributed by atoms with Gasteiger partial charge in [0.05, 0.1) is 5.41 Å². The van der Waals surface area contributed by atoms with Crippen molar-refractivity contribution in [1.29, 1.82) is 0 Å². The summed E-state index contributed by atoms with van der Waals surface area (Å²) in [4.78, 5) is 13.4. The number of rotatable bonds is 3. The maximum atomic E-state index is 11.2. The lowest BCUT2D eigenvalue weighted by Gasteiger charge is -2.23. The molecular formula is C13H15NO2. The highest BCUT2D eigenvalue weighted by atomic mass is 16.4. The van der Waals surface area contributed by atoms with Gasteiger partial charge < -0.3 is 10.0 Å². The highest BCUT2D eigenvalue weighted by molar-refractivity contribution is 5.79. The zero-order valence-electron chi connectivity index (χ0n) is 9.15. The Labute approximate surface area is 94.7 Å². The number of nitrogens with zero attached hydrogens (tertiary/aromatic N) is 1. The number of aliphatic carboxylic acids is 1. The van der Waals surface area contributed by atoms with Gasteiger partial charge in [-0.25, -0.2) is 0 Å². The van der Waals surface area contributed by atoms with Crippen molar-refractivity contribution in [2.24, 2.45) is 5.41 Å². The van der Waals surface area contributed by atoms with Crippen molar-refractivity contribution in [2.75, 3.05) is 18.0 Å². The number of para-hydroxylation sites is 1. The molecule has 3 nitrogen and oxygen atoms in total. The first-order valence-electron chi connectivity index (χ1n) is 5.78. The summed E-state index contributed by atoms with van der Waals surface area (Å²) in [6.07, 6.45) is 2.72. The fourth-order valence-electron chi connectivity index (χ4n) is 2.53. The van der Waals surface area contributed by atoms with Gasteiger partial charge in [-0.15, -0.1) is 0 Å². The predicted molar refractivity (Wildman–Crippen MR) is 61.7 cm³/mol. The maximum absolute atomic E-state index is 11.2. The number of carboxylic acid groups (broad SMARTS) is 1. The molecule has 0 amide bonds. The van der Waals surface area contributed by atoms with Crippen molar-refractivity contribution in [1.82, 2.24) is 0 Å². The van der Waals surface area contributed by atoms with Gasteiger partial charge in [-0.05, 0) is 30.9 Å². The van der Waals surface area contributed by atoms with Gasteiger partial charge in [0.2, 0.25) is 0 Å². The topological polar surface area (TPSA) is 40.5 Å². The Bertz CT molecular complexity index is 437. The van der Waals surface area contributed by atoms with Gasteiger partial charge >= 0.3 is 5.97 Å². The first-order valence-corrected chi connectivity index (χ1v) is 5.78. The summed E-state index contributed by atoms with van der Waals surface area (Å²) in [5.41, 5.74) is 2.14. The number of anilines is 1. The SMILES string of the molecule is O=C(O)C1(CN2CCc3ccccc32)CC1. The van der Waals surface area contributed by atoms with E-state index in [4.69, 9.17) is 0 Å². The standard InChI is InChI=1S/C13H15NO2/c15-12(16)13(6-7-13)9-14-8-5-10-3-1-2-4-11(10)14/h1-4H,5-9H2,(H,15,16). The second-order valence-corrected chi connectivity index (χ2v) is 4.89. The Hall–Kier alpha value is -1.51. The van der Waals surface area contributed by atoms with Gasteiger partial charge in [0.25, 0.3) is 0 Å². The monoisotopic (exact) mass is 217 g/mol. The molecule has 0 spiro atoms. The number of hydrogen-bond donors (Lipinski definition) is 1. The summed E-state index contributed by atoms with van der Waals surface area (Å²) in [5.74, 6) is -0.628. The van der Waals surface area contributed by atoms with E-state index in [9.17, 15) is 9.90 Å². The van der Waals surface area contributed by atoms with Crippen molar-refractivity contribution in [3.05, 3.63) is 29.8 Å². The lowest BCUT2D eigenvalue weighted by molar-refractivity contribution is -0.142. The van der Waals surface area contributed by atoms with Crippen LogP contribution < -0.4 is 4.90 Å². The number of hydrogen-bond acceptors (Lipinski definition) is 2. The minimum absolute atomic E-state index is 0.447. The Balaban J connectivity index is 1.81. The highest BCUT2D eigenvalue weighted by Crippen LogP contribution is 2.47. The van der Waals surface area contributed by atoms with Crippen LogP contribution in [0.1, 0.15) is 18.4 Å². The Morgan fingerprint density at radius 2 is 2.12 bits per heavy atom. The normalized spacial score (nSPS) is 20.6. The van der Waals surface area contributed by atoms with E-state index in [-0.39, 0.29) is 0 Å². The molecule has 1 aromatic carbocycles. The van der Waals surface area contributed by atoms with E-state index >= 15 is 0 Å². The van der Waals surface area contributed by atoms with E-state index in [1.165, 1.54) is 11.3 Å². The van der Waals surface area contributed by atoms with Gasteiger partial charge in [0.15, 0.2) is 0 Å². The van der Waals surface area contributed by atoms with Crippen LogP contribution in [0, 0.1) is 5.41 Å². The molecule has 0 atom stereocenters. The first kappa shape index (κ1) is 9.70. The molecule has 0 aromatic heterocycles. The predicted octanol–water partition coefficient (Wildman–Crippen LogP) is 1.91. The van der Waals surface area contributed by atoms with Crippen LogP contribution in [0.25, 0.3) is 0 Å². The smallest absolute Gasteiger partial charge is 0.311 e. The largest absolute Gasteiger partial charge is 0.481 e. The molecule has 0 radical (unpaired) electrons. The molecule has 1 aromatic rings. The molecular weight excluding hydrogens is 202 g/mol. The lowest BCUT2D eigenvalue weighted by atomic mass is 10.1. The summed E-state index contributed by atoms with van der Waals surface area (Å²) in [7, 11) is 0. The highest BCUT2D eigenvalue weighted by Gasteiger charge is 2.51. The average molecular weight is 217 g/mol. The van der Waals surface area contributed by atoms with E-state index in [0.717, 1.165) is 25.8 Å². The number of benzene rings is 1. The molecule has 1 aliphatic carbocycles. The van der Waals surface area contributed by atoms with Gasteiger partial charge in [-0.2, -0.15) is 0 Å². The molecule has 84 valence electrons. The molecule has 0 bridgehead atoms. The van der Waals surface area contributed by atoms with Crippen LogP contribution in [0.2, 0.25) is 0 Å². The van der Waals surface area contributed by atoms with E-state index < -0.39 is 11.4 Å². The average Bonchev–Trinajstić information content (AvgIpc) is 2.96. The zero-order valence-corrected chi connectivity index (χ0v) is 9.15.